The highest BCUT2D eigenvalue weighted by molar-refractivity contribution is 5.89. The second-order valence-electron chi connectivity index (χ2n) is 6.45. The molecule has 1 aliphatic heterocycles. The van der Waals surface area contributed by atoms with Crippen LogP contribution in [0.3, 0.4) is 0 Å². The maximum atomic E-state index is 12.6. The number of morpholine rings is 1. The van der Waals surface area contributed by atoms with Crippen molar-refractivity contribution in [2.45, 2.75) is 39.7 Å². The van der Waals surface area contributed by atoms with Gasteiger partial charge in [-0.2, -0.15) is 0 Å². The molecule has 3 rings (SSSR count). The van der Waals surface area contributed by atoms with Gasteiger partial charge in [-0.15, -0.1) is 10.2 Å². The molecule has 1 N–H and O–H groups in total. The summed E-state index contributed by atoms with van der Waals surface area (Å²) in [6, 6.07) is 3.54. The van der Waals surface area contributed by atoms with E-state index in [0.29, 0.717) is 37.2 Å². The van der Waals surface area contributed by atoms with Crippen LogP contribution >= 0.6 is 0 Å². The quantitative estimate of drug-likeness (QED) is 0.919. The van der Waals surface area contributed by atoms with Crippen LogP contribution in [0.1, 0.15) is 49.0 Å². The van der Waals surface area contributed by atoms with Crippen LogP contribution < -0.4 is 5.32 Å². The Labute approximate surface area is 146 Å². The van der Waals surface area contributed by atoms with E-state index in [1.807, 2.05) is 39.8 Å². The van der Waals surface area contributed by atoms with Crippen LogP contribution in [0, 0.1) is 13.8 Å². The number of aromatic nitrogens is 3. The fourth-order valence-electron chi connectivity index (χ4n) is 2.61. The summed E-state index contributed by atoms with van der Waals surface area (Å²) < 4.78 is 11.3. The first-order valence-electron chi connectivity index (χ1n) is 8.39. The predicted octanol–water partition coefficient (Wildman–Crippen LogP) is 2.81. The SMILES string of the molecule is Cc1ccc(NC(=O)N2CCO[C@H](c3nnc(C(C)C)o3)C2)c(C)n1. The van der Waals surface area contributed by atoms with E-state index in [0.717, 1.165) is 11.4 Å². The molecule has 0 aliphatic carbocycles. The first-order chi connectivity index (χ1) is 11.9. The monoisotopic (exact) mass is 345 g/mol. The van der Waals surface area contributed by atoms with E-state index < -0.39 is 6.10 Å². The summed E-state index contributed by atoms with van der Waals surface area (Å²) in [7, 11) is 0. The maximum Gasteiger partial charge on any atom is 0.322 e. The highest BCUT2D eigenvalue weighted by Gasteiger charge is 2.29. The smallest absolute Gasteiger partial charge is 0.322 e. The number of ether oxygens (including phenoxy) is 1. The van der Waals surface area contributed by atoms with Gasteiger partial charge in [-0.1, -0.05) is 13.8 Å². The van der Waals surface area contributed by atoms with Gasteiger partial charge >= 0.3 is 6.03 Å². The summed E-state index contributed by atoms with van der Waals surface area (Å²) in [5, 5.41) is 11.0. The first kappa shape index (κ1) is 17.3. The third-order valence-electron chi connectivity index (χ3n) is 4.05. The number of anilines is 1. The zero-order valence-corrected chi connectivity index (χ0v) is 14.9. The molecule has 0 aromatic carbocycles. The van der Waals surface area contributed by atoms with Crippen LogP contribution in [0.4, 0.5) is 10.5 Å². The number of hydrogen-bond acceptors (Lipinski definition) is 6. The van der Waals surface area contributed by atoms with Crippen molar-refractivity contribution in [3.8, 4) is 0 Å². The van der Waals surface area contributed by atoms with Gasteiger partial charge in [-0.05, 0) is 26.0 Å². The van der Waals surface area contributed by atoms with Crippen LogP contribution in [0.2, 0.25) is 0 Å². The normalized spacial score (nSPS) is 17.8. The number of urea groups is 1. The van der Waals surface area contributed by atoms with Crippen molar-refractivity contribution in [1.29, 1.82) is 0 Å². The molecular weight excluding hydrogens is 322 g/mol. The number of nitrogens with zero attached hydrogens (tertiary/aromatic N) is 4. The Bertz CT molecular complexity index is 758. The fourth-order valence-corrected chi connectivity index (χ4v) is 2.61. The lowest BCUT2D eigenvalue weighted by molar-refractivity contribution is -0.0276. The third kappa shape index (κ3) is 3.96. The number of amides is 2. The second kappa shape index (κ2) is 7.18. The van der Waals surface area contributed by atoms with E-state index in [4.69, 9.17) is 9.15 Å². The van der Waals surface area contributed by atoms with Crippen molar-refractivity contribution in [3.63, 3.8) is 0 Å². The Morgan fingerprint density at radius 3 is 2.80 bits per heavy atom. The Morgan fingerprint density at radius 2 is 2.12 bits per heavy atom. The summed E-state index contributed by atoms with van der Waals surface area (Å²) in [5.74, 6) is 1.14. The number of pyridine rings is 1. The minimum Gasteiger partial charge on any atom is -0.422 e. The van der Waals surface area contributed by atoms with E-state index >= 15 is 0 Å². The van der Waals surface area contributed by atoms with Crippen LogP contribution in [0.15, 0.2) is 16.5 Å². The number of rotatable bonds is 3. The molecule has 1 saturated heterocycles. The standard InChI is InChI=1S/C17H23N5O3/c1-10(2)15-20-21-16(25-15)14-9-22(7-8-24-14)17(23)19-13-6-5-11(3)18-12(13)4/h5-6,10,14H,7-9H2,1-4H3,(H,19,23)/t14-/m0/s1. The molecule has 0 radical (unpaired) electrons. The summed E-state index contributed by atoms with van der Waals surface area (Å²) in [4.78, 5) is 18.6. The Hall–Kier alpha value is -2.48. The molecule has 8 nitrogen and oxygen atoms in total. The van der Waals surface area contributed by atoms with Crippen molar-refractivity contribution < 1.29 is 13.9 Å². The molecule has 0 saturated carbocycles. The van der Waals surface area contributed by atoms with Crippen molar-refractivity contribution in [1.82, 2.24) is 20.1 Å². The van der Waals surface area contributed by atoms with E-state index in [1.54, 1.807) is 4.90 Å². The van der Waals surface area contributed by atoms with Crippen LogP contribution in [0.5, 0.6) is 0 Å². The Morgan fingerprint density at radius 1 is 1.32 bits per heavy atom. The molecule has 134 valence electrons. The van der Waals surface area contributed by atoms with Gasteiger partial charge in [0.1, 0.15) is 0 Å². The highest BCUT2D eigenvalue weighted by Crippen LogP contribution is 2.24. The molecule has 2 amide bonds. The molecular formula is C17H23N5O3. The number of hydrogen-bond donors (Lipinski definition) is 1. The Balaban J connectivity index is 1.66. The molecule has 0 bridgehead atoms. The highest BCUT2D eigenvalue weighted by atomic mass is 16.5. The molecule has 1 atom stereocenters. The number of aryl methyl sites for hydroxylation is 2. The van der Waals surface area contributed by atoms with Gasteiger partial charge in [-0.3, -0.25) is 4.98 Å². The summed E-state index contributed by atoms with van der Waals surface area (Å²) >= 11 is 0. The summed E-state index contributed by atoms with van der Waals surface area (Å²) in [6.07, 6.45) is -0.406. The van der Waals surface area contributed by atoms with Crippen molar-refractivity contribution in [3.05, 3.63) is 35.3 Å². The van der Waals surface area contributed by atoms with Crippen molar-refractivity contribution >= 4 is 11.7 Å². The van der Waals surface area contributed by atoms with Gasteiger partial charge in [0.25, 0.3) is 0 Å². The van der Waals surface area contributed by atoms with Crippen LogP contribution in [-0.2, 0) is 4.74 Å². The fraction of sp³-hybridized carbons (Fsp3) is 0.529. The van der Waals surface area contributed by atoms with E-state index in [9.17, 15) is 4.79 Å². The van der Waals surface area contributed by atoms with E-state index in [1.165, 1.54) is 0 Å². The van der Waals surface area contributed by atoms with Gasteiger partial charge in [0.05, 0.1) is 24.5 Å². The molecule has 1 aliphatic rings. The van der Waals surface area contributed by atoms with Crippen LogP contribution in [-0.4, -0.2) is 45.8 Å². The van der Waals surface area contributed by atoms with E-state index in [-0.39, 0.29) is 11.9 Å². The largest absolute Gasteiger partial charge is 0.422 e. The average Bonchev–Trinajstić information content (AvgIpc) is 3.08. The van der Waals surface area contributed by atoms with Gasteiger partial charge in [0, 0.05) is 18.2 Å². The lowest BCUT2D eigenvalue weighted by Gasteiger charge is -2.31. The minimum atomic E-state index is -0.406. The van der Waals surface area contributed by atoms with Crippen molar-refractivity contribution in [2.75, 3.05) is 25.0 Å². The van der Waals surface area contributed by atoms with Crippen molar-refractivity contribution in [2.24, 2.45) is 0 Å². The average molecular weight is 345 g/mol. The number of carbonyl (C=O) groups excluding carboxylic acids is 1. The minimum absolute atomic E-state index is 0.154. The molecule has 8 heteroatoms. The number of carbonyl (C=O) groups is 1. The predicted molar refractivity (Wildman–Crippen MR) is 91.4 cm³/mol. The topological polar surface area (TPSA) is 93.4 Å². The van der Waals surface area contributed by atoms with Gasteiger partial charge in [0.15, 0.2) is 6.10 Å². The van der Waals surface area contributed by atoms with Crippen LogP contribution in [0.25, 0.3) is 0 Å². The zero-order valence-electron chi connectivity index (χ0n) is 14.9. The molecule has 1 fully saturated rings. The molecule has 2 aromatic heterocycles. The molecule has 2 aromatic rings. The third-order valence-corrected chi connectivity index (χ3v) is 4.05. The molecule has 0 unspecified atom stereocenters. The lowest BCUT2D eigenvalue weighted by atomic mass is 10.2. The van der Waals surface area contributed by atoms with Gasteiger partial charge < -0.3 is 19.4 Å². The first-order valence-corrected chi connectivity index (χ1v) is 8.39. The maximum absolute atomic E-state index is 12.6. The molecule has 3 heterocycles. The van der Waals surface area contributed by atoms with Gasteiger partial charge in [0.2, 0.25) is 11.8 Å². The molecule has 0 spiro atoms. The van der Waals surface area contributed by atoms with Gasteiger partial charge in [-0.25, -0.2) is 4.79 Å². The second-order valence-corrected chi connectivity index (χ2v) is 6.45. The molecule has 25 heavy (non-hydrogen) atoms. The Kier molecular flexibility index (Phi) is 4.98. The lowest BCUT2D eigenvalue weighted by Crippen LogP contribution is -2.44. The zero-order chi connectivity index (χ0) is 18.0. The van der Waals surface area contributed by atoms with E-state index in [2.05, 4.69) is 20.5 Å². The number of nitrogens with one attached hydrogen (secondary N) is 1. The summed E-state index contributed by atoms with van der Waals surface area (Å²) in [5.41, 5.74) is 2.41. The summed E-state index contributed by atoms with van der Waals surface area (Å²) in [6.45, 7) is 9.05.